The fourth-order valence-electron chi connectivity index (χ4n) is 4.81. The van der Waals surface area contributed by atoms with Gasteiger partial charge in [0.25, 0.3) is 0 Å². The van der Waals surface area contributed by atoms with Crippen LogP contribution in [0.1, 0.15) is 57.8 Å². The number of rotatable bonds is 3. The summed E-state index contributed by atoms with van der Waals surface area (Å²) in [6.45, 7) is 3.41. The number of hydrogen-bond acceptors (Lipinski definition) is 2. The molecule has 2 amide bonds. The second-order valence-electron chi connectivity index (χ2n) is 8.07. The first kappa shape index (κ1) is 14.5. The fourth-order valence-corrected chi connectivity index (χ4v) is 4.81. The molecule has 2 saturated carbocycles. The summed E-state index contributed by atoms with van der Waals surface area (Å²) in [7, 11) is 0. The van der Waals surface area contributed by atoms with Crippen LogP contribution in [0.15, 0.2) is 0 Å². The molecule has 0 bridgehead atoms. The van der Waals surface area contributed by atoms with Crippen molar-refractivity contribution in [2.24, 2.45) is 17.3 Å². The van der Waals surface area contributed by atoms with E-state index < -0.39 is 0 Å². The number of hydrogen-bond donors (Lipinski definition) is 0. The quantitative estimate of drug-likeness (QED) is 0.803. The Bertz CT molecular complexity index is 468. The number of carbonyl (C=O) groups is 2. The van der Waals surface area contributed by atoms with Gasteiger partial charge in [-0.1, -0.05) is 12.8 Å². The summed E-state index contributed by atoms with van der Waals surface area (Å²) >= 11 is 0. The number of likely N-dealkylation sites (tertiary alicyclic amines) is 2. The van der Waals surface area contributed by atoms with Gasteiger partial charge in [-0.05, 0) is 50.9 Å². The van der Waals surface area contributed by atoms with Crippen molar-refractivity contribution in [2.75, 3.05) is 26.2 Å². The molecule has 2 aliphatic carbocycles. The van der Waals surface area contributed by atoms with Gasteiger partial charge in [0.1, 0.15) is 0 Å². The van der Waals surface area contributed by atoms with Crippen molar-refractivity contribution in [3.05, 3.63) is 0 Å². The van der Waals surface area contributed by atoms with Gasteiger partial charge in [-0.2, -0.15) is 0 Å². The molecule has 2 aliphatic heterocycles. The van der Waals surface area contributed by atoms with Crippen LogP contribution in [-0.4, -0.2) is 47.8 Å². The third kappa shape index (κ3) is 2.55. The highest BCUT2D eigenvalue weighted by Crippen LogP contribution is 2.42. The second kappa shape index (κ2) is 5.54. The normalized spacial score (nSPS) is 33.2. The summed E-state index contributed by atoms with van der Waals surface area (Å²) < 4.78 is 0. The SMILES string of the molecule is O=C(C1CCCC1)N1CC[C@@]2(CCCN(CC3CC3)C2=O)C1. The van der Waals surface area contributed by atoms with Crippen LogP contribution in [0.25, 0.3) is 0 Å². The highest BCUT2D eigenvalue weighted by Gasteiger charge is 2.50. The van der Waals surface area contributed by atoms with Crippen molar-refractivity contribution in [1.29, 1.82) is 0 Å². The molecule has 4 aliphatic rings. The lowest BCUT2D eigenvalue weighted by molar-refractivity contribution is -0.146. The molecule has 4 fully saturated rings. The van der Waals surface area contributed by atoms with Crippen LogP contribution in [-0.2, 0) is 9.59 Å². The number of carbonyl (C=O) groups excluding carboxylic acids is 2. The van der Waals surface area contributed by atoms with Gasteiger partial charge >= 0.3 is 0 Å². The van der Waals surface area contributed by atoms with Crippen molar-refractivity contribution in [1.82, 2.24) is 9.80 Å². The van der Waals surface area contributed by atoms with E-state index in [1.807, 2.05) is 4.90 Å². The minimum absolute atomic E-state index is 0.235. The molecule has 22 heavy (non-hydrogen) atoms. The van der Waals surface area contributed by atoms with Crippen molar-refractivity contribution in [2.45, 2.75) is 57.8 Å². The molecule has 4 nitrogen and oxygen atoms in total. The summed E-state index contributed by atoms with van der Waals surface area (Å²) in [5.74, 6) is 1.70. The van der Waals surface area contributed by atoms with E-state index in [-0.39, 0.29) is 11.3 Å². The maximum atomic E-state index is 13.0. The zero-order valence-corrected chi connectivity index (χ0v) is 13.6. The molecular weight excluding hydrogens is 276 g/mol. The Labute approximate surface area is 133 Å². The maximum Gasteiger partial charge on any atom is 0.230 e. The van der Waals surface area contributed by atoms with E-state index in [2.05, 4.69) is 4.90 Å². The first-order valence-corrected chi connectivity index (χ1v) is 9.26. The topological polar surface area (TPSA) is 40.6 Å². The van der Waals surface area contributed by atoms with E-state index in [0.29, 0.717) is 18.4 Å². The third-order valence-electron chi connectivity index (χ3n) is 6.37. The van der Waals surface area contributed by atoms with E-state index in [9.17, 15) is 9.59 Å². The largest absolute Gasteiger partial charge is 0.342 e. The first-order valence-electron chi connectivity index (χ1n) is 9.26. The van der Waals surface area contributed by atoms with Gasteiger partial charge in [-0.3, -0.25) is 9.59 Å². The molecule has 0 aromatic heterocycles. The second-order valence-corrected chi connectivity index (χ2v) is 8.07. The van der Waals surface area contributed by atoms with E-state index in [1.165, 1.54) is 25.7 Å². The molecule has 4 rings (SSSR count). The molecule has 0 aromatic rings. The van der Waals surface area contributed by atoms with Crippen molar-refractivity contribution in [3.8, 4) is 0 Å². The molecule has 0 unspecified atom stereocenters. The summed E-state index contributed by atoms with van der Waals surface area (Å²) in [4.78, 5) is 29.8. The maximum absolute atomic E-state index is 13.0. The van der Waals surface area contributed by atoms with Gasteiger partial charge in [0.15, 0.2) is 0 Å². The molecule has 2 saturated heterocycles. The summed E-state index contributed by atoms with van der Waals surface area (Å²) in [5, 5.41) is 0. The van der Waals surface area contributed by atoms with Gasteiger partial charge in [-0.15, -0.1) is 0 Å². The molecule has 4 heteroatoms. The molecule has 122 valence electrons. The van der Waals surface area contributed by atoms with Gasteiger partial charge in [0.05, 0.1) is 5.41 Å². The first-order chi connectivity index (χ1) is 10.7. The van der Waals surface area contributed by atoms with Crippen LogP contribution in [0.4, 0.5) is 0 Å². The van der Waals surface area contributed by atoms with Gasteiger partial charge in [0, 0.05) is 32.1 Å². The Kier molecular flexibility index (Phi) is 3.66. The number of nitrogens with zero attached hydrogens (tertiary/aromatic N) is 2. The monoisotopic (exact) mass is 304 g/mol. The predicted octanol–water partition coefficient (Wildman–Crippen LogP) is 2.43. The predicted molar refractivity (Wildman–Crippen MR) is 84.1 cm³/mol. The van der Waals surface area contributed by atoms with Crippen LogP contribution in [0.3, 0.4) is 0 Å². The number of amides is 2. The highest BCUT2D eigenvalue weighted by molar-refractivity contribution is 5.86. The molecule has 1 spiro atoms. The van der Waals surface area contributed by atoms with Crippen LogP contribution < -0.4 is 0 Å². The van der Waals surface area contributed by atoms with E-state index in [4.69, 9.17) is 0 Å². The molecule has 0 N–H and O–H groups in total. The summed E-state index contributed by atoms with van der Waals surface area (Å²) in [6.07, 6.45) is 10.1. The Morgan fingerprint density at radius 1 is 1.05 bits per heavy atom. The molecular formula is C18H28N2O2. The third-order valence-corrected chi connectivity index (χ3v) is 6.37. The van der Waals surface area contributed by atoms with E-state index in [1.54, 1.807) is 0 Å². The van der Waals surface area contributed by atoms with E-state index >= 15 is 0 Å². The van der Waals surface area contributed by atoms with E-state index in [0.717, 1.165) is 57.7 Å². The van der Waals surface area contributed by atoms with Crippen molar-refractivity contribution in [3.63, 3.8) is 0 Å². The van der Waals surface area contributed by atoms with Crippen LogP contribution in [0.5, 0.6) is 0 Å². The van der Waals surface area contributed by atoms with Gasteiger partial charge in [-0.25, -0.2) is 0 Å². The Morgan fingerprint density at radius 2 is 1.82 bits per heavy atom. The molecule has 1 atom stereocenters. The van der Waals surface area contributed by atoms with Gasteiger partial charge in [0.2, 0.25) is 11.8 Å². The zero-order chi connectivity index (χ0) is 15.2. The Balaban J connectivity index is 1.42. The minimum atomic E-state index is -0.235. The average Bonchev–Trinajstić information content (AvgIpc) is 3.03. The van der Waals surface area contributed by atoms with Crippen LogP contribution in [0.2, 0.25) is 0 Å². The standard InChI is InChI=1S/C18H28N2O2/c21-16(15-4-1-2-5-15)20-11-9-18(13-20)8-3-10-19(17(18)22)12-14-6-7-14/h14-15H,1-13H2/t18-/m0/s1. The fraction of sp³-hybridized carbons (Fsp3) is 0.889. The van der Waals surface area contributed by atoms with Crippen molar-refractivity contribution >= 4 is 11.8 Å². The number of piperidine rings is 1. The lowest BCUT2D eigenvalue weighted by Crippen LogP contribution is -2.51. The van der Waals surface area contributed by atoms with Gasteiger partial charge < -0.3 is 9.80 Å². The zero-order valence-electron chi connectivity index (χ0n) is 13.6. The Morgan fingerprint density at radius 3 is 2.55 bits per heavy atom. The molecule has 0 aromatic carbocycles. The molecule has 2 heterocycles. The summed E-state index contributed by atoms with van der Waals surface area (Å²) in [5.41, 5.74) is -0.235. The smallest absolute Gasteiger partial charge is 0.230 e. The lowest BCUT2D eigenvalue weighted by Gasteiger charge is -2.39. The lowest BCUT2D eigenvalue weighted by atomic mass is 9.78. The Hall–Kier alpha value is -1.06. The van der Waals surface area contributed by atoms with Crippen molar-refractivity contribution < 1.29 is 9.59 Å². The molecule has 0 radical (unpaired) electrons. The van der Waals surface area contributed by atoms with Crippen LogP contribution in [0, 0.1) is 17.3 Å². The summed E-state index contributed by atoms with van der Waals surface area (Å²) in [6, 6.07) is 0. The minimum Gasteiger partial charge on any atom is -0.342 e. The van der Waals surface area contributed by atoms with Crippen LogP contribution >= 0.6 is 0 Å². The average molecular weight is 304 g/mol. The highest BCUT2D eigenvalue weighted by atomic mass is 16.2.